The average Bonchev–Trinajstić information content (AvgIpc) is 3.17. The summed E-state index contributed by atoms with van der Waals surface area (Å²) in [4.78, 5) is 14.2. The predicted molar refractivity (Wildman–Crippen MR) is 83.9 cm³/mol. The number of carbonyl (C=O) groups is 1. The van der Waals surface area contributed by atoms with E-state index >= 15 is 0 Å². The van der Waals surface area contributed by atoms with E-state index in [1.807, 2.05) is 7.11 Å². The van der Waals surface area contributed by atoms with E-state index < -0.39 is 0 Å². The van der Waals surface area contributed by atoms with Crippen LogP contribution in [0.25, 0.3) is 0 Å². The fourth-order valence-electron chi connectivity index (χ4n) is 5.15. The molecule has 1 heterocycles. The SMILES string of the molecule is COC1C[C@@H]2CC(C)(CCC(=O)N3CCC[C@H]3C#N)C[C@@H]2C1. The van der Waals surface area contributed by atoms with Gasteiger partial charge in [-0.25, -0.2) is 0 Å². The second kappa shape index (κ2) is 6.20. The Bertz CT molecular complexity index is 456. The minimum absolute atomic E-state index is 0.175. The van der Waals surface area contributed by atoms with Crippen LogP contribution in [0.5, 0.6) is 0 Å². The van der Waals surface area contributed by atoms with Crippen molar-refractivity contribution in [2.75, 3.05) is 13.7 Å². The van der Waals surface area contributed by atoms with Crippen molar-refractivity contribution in [1.29, 1.82) is 5.26 Å². The quantitative estimate of drug-likeness (QED) is 0.802. The number of hydrogen-bond donors (Lipinski definition) is 0. The number of fused-ring (bicyclic) bond motifs is 1. The highest BCUT2D eigenvalue weighted by Crippen LogP contribution is 2.55. The van der Waals surface area contributed by atoms with Crippen molar-refractivity contribution < 1.29 is 9.53 Å². The van der Waals surface area contributed by atoms with E-state index in [0.717, 1.165) is 37.6 Å². The molecule has 2 aliphatic carbocycles. The van der Waals surface area contributed by atoms with Crippen LogP contribution in [-0.4, -0.2) is 36.6 Å². The number of methoxy groups -OCH3 is 1. The van der Waals surface area contributed by atoms with Gasteiger partial charge < -0.3 is 9.64 Å². The molecule has 5 atom stereocenters. The molecule has 0 bridgehead atoms. The van der Waals surface area contributed by atoms with Gasteiger partial charge in [-0.05, 0) is 62.2 Å². The van der Waals surface area contributed by atoms with Crippen LogP contribution in [-0.2, 0) is 9.53 Å². The summed E-state index contributed by atoms with van der Waals surface area (Å²) in [5.41, 5.74) is 0.311. The van der Waals surface area contributed by atoms with Crippen molar-refractivity contribution in [2.24, 2.45) is 17.3 Å². The van der Waals surface area contributed by atoms with Crippen LogP contribution in [0.4, 0.5) is 0 Å². The summed E-state index contributed by atoms with van der Waals surface area (Å²) in [6, 6.07) is 2.09. The lowest BCUT2D eigenvalue weighted by Crippen LogP contribution is -2.35. The second-order valence-electron chi connectivity index (χ2n) is 7.94. The monoisotopic (exact) mass is 304 g/mol. The maximum Gasteiger partial charge on any atom is 0.223 e. The summed E-state index contributed by atoms with van der Waals surface area (Å²) in [6.45, 7) is 3.13. The summed E-state index contributed by atoms with van der Waals surface area (Å²) in [5.74, 6) is 1.78. The Morgan fingerprint density at radius 2 is 2.05 bits per heavy atom. The number of ether oxygens (including phenoxy) is 1. The molecule has 3 fully saturated rings. The van der Waals surface area contributed by atoms with Gasteiger partial charge in [-0.1, -0.05) is 6.92 Å². The van der Waals surface area contributed by atoms with Gasteiger partial charge >= 0.3 is 0 Å². The predicted octanol–water partition coefficient (Wildman–Crippen LogP) is 3.12. The van der Waals surface area contributed by atoms with Gasteiger partial charge in [0.1, 0.15) is 6.04 Å². The summed E-state index contributed by atoms with van der Waals surface area (Å²) >= 11 is 0. The fraction of sp³-hybridized carbons (Fsp3) is 0.889. The zero-order chi connectivity index (χ0) is 15.7. The number of nitrogens with zero attached hydrogens (tertiary/aromatic N) is 2. The number of nitriles is 1. The molecular formula is C18H28N2O2. The Hall–Kier alpha value is -1.08. The molecule has 0 radical (unpaired) electrons. The first kappa shape index (κ1) is 15.8. The van der Waals surface area contributed by atoms with Crippen LogP contribution in [0.2, 0.25) is 0 Å². The zero-order valence-electron chi connectivity index (χ0n) is 13.9. The van der Waals surface area contributed by atoms with E-state index in [1.54, 1.807) is 4.90 Å². The fourth-order valence-corrected chi connectivity index (χ4v) is 5.15. The first-order valence-corrected chi connectivity index (χ1v) is 8.76. The number of hydrogen-bond acceptors (Lipinski definition) is 3. The molecule has 2 saturated carbocycles. The van der Waals surface area contributed by atoms with Gasteiger partial charge in [-0.2, -0.15) is 5.26 Å². The molecule has 1 amide bonds. The molecule has 1 aliphatic heterocycles. The van der Waals surface area contributed by atoms with Crippen LogP contribution in [0, 0.1) is 28.6 Å². The summed E-state index contributed by atoms with van der Waals surface area (Å²) in [7, 11) is 1.82. The number of amides is 1. The van der Waals surface area contributed by atoms with Crippen molar-refractivity contribution in [1.82, 2.24) is 4.90 Å². The molecule has 0 spiro atoms. The molecule has 0 N–H and O–H groups in total. The number of rotatable bonds is 4. The first-order valence-electron chi connectivity index (χ1n) is 8.76. The van der Waals surface area contributed by atoms with E-state index in [1.165, 1.54) is 25.7 Å². The van der Waals surface area contributed by atoms with Crippen LogP contribution in [0.3, 0.4) is 0 Å². The topological polar surface area (TPSA) is 53.3 Å². The van der Waals surface area contributed by atoms with Gasteiger partial charge in [0.15, 0.2) is 0 Å². The highest BCUT2D eigenvalue weighted by atomic mass is 16.5. The largest absolute Gasteiger partial charge is 0.381 e. The van der Waals surface area contributed by atoms with Crippen LogP contribution < -0.4 is 0 Å². The third-order valence-electron chi connectivity index (χ3n) is 6.31. The molecule has 4 heteroatoms. The normalized spacial score (nSPS) is 40.7. The van der Waals surface area contributed by atoms with E-state index in [0.29, 0.717) is 17.9 Å². The smallest absolute Gasteiger partial charge is 0.223 e. The van der Waals surface area contributed by atoms with E-state index in [9.17, 15) is 4.79 Å². The highest BCUT2D eigenvalue weighted by molar-refractivity contribution is 5.77. The van der Waals surface area contributed by atoms with Gasteiger partial charge in [-0.15, -0.1) is 0 Å². The van der Waals surface area contributed by atoms with Gasteiger partial charge in [0.05, 0.1) is 12.2 Å². The molecule has 1 saturated heterocycles. The van der Waals surface area contributed by atoms with E-state index in [2.05, 4.69) is 13.0 Å². The van der Waals surface area contributed by atoms with Crippen molar-refractivity contribution in [3.63, 3.8) is 0 Å². The van der Waals surface area contributed by atoms with Gasteiger partial charge in [0.2, 0.25) is 5.91 Å². The third-order valence-corrected chi connectivity index (χ3v) is 6.31. The molecule has 4 nitrogen and oxygen atoms in total. The van der Waals surface area contributed by atoms with E-state index in [4.69, 9.17) is 10.00 Å². The second-order valence-corrected chi connectivity index (χ2v) is 7.94. The van der Waals surface area contributed by atoms with Crippen LogP contribution >= 0.6 is 0 Å². The molecule has 2 unspecified atom stereocenters. The van der Waals surface area contributed by atoms with Crippen molar-refractivity contribution in [3.8, 4) is 6.07 Å². The highest BCUT2D eigenvalue weighted by Gasteiger charge is 2.47. The van der Waals surface area contributed by atoms with Crippen LogP contribution in [0.1, 0.15) is 58.3 Å². The summed E-state index contributed by atoms with van der Waals surface area (Å²) in [6.07, 6.45) is 8.76. The maximum absolute atomic E-state index is 12.4. The standard InChI is InChI=1S/C18H28N2O2/c1-18(10-13-8-16(22-2)9-14(13)11-18)6-5-17(21)20-7-3-4-15(20)12-19/h13-16H,3-11H2,1-2H3/t13-,14+,15-,16?,18?/m0/s1. The lowest BCUT2D eigenvalue weighted by molar-refractivity contribution is -0.131. The molecule has 3 aliphatic rings. The molecule has 122 valence electrons. The minimum Gasteiger partial charge on any atom is -0.381 e. The average molecular weight is 304 g/mol. The third kappa shape index (κ3) is 3.01. The van der Waals surface area contributed by atoms with Crippen LogP contribution in [0.15, 0.2) is 0 Å². The first-order chi connectivity index (χ1) is 10.5. The van der Waals surface area contributed by atoms with Gasteiger partial charge in [-0.3, -0.25) is 4.79 Å². The molecule has 3 rings (SSSR count). The Morgan fingerprint density at radius 1 is 1.36 bits per heavy atom. The molecular weight excluding hydrogens is 276 g/mol. The molecule has 0 aromatic carbocycles. The zero-order valence-corrected chi connectivity index (χ0v) is 13.9. The number of likely N-dealkylation sites (tertiary alicyclic amines) is 1. The summed E-state index contributed by atoms with van der Waals surface area (Å²) < 4.78 is 5.51. The van der Waals surface area contributed by atoms with Gasteiger partial charge in [0.25, 0.3) is 0 Å². The molecule has 0 aromatic rings. The van der Waals surface area contributed by atoms with Crippen molar-refractivity contribution in [2.45, 2.75) is 70.4 Å². The minimum atomic E-state index is -0.175. The lowest BCUT2D eigenvalue weighted by Gasteiger charge is -2.27. The maximum atomic E-state index is 12.4. The Morgan fingerprint density at radius 3 is 2.64 bits per heavy atom. The lowest BCUT2D eigenvalue weighted by atomic mass is 9.81. The molecule has 0 aromatic heterocycles. The Labute approximate surface area is 133 Å². The Kier molecular flexibility index (Phi) is 4.45. The summed E-state index contributed by atoms with van der Waals surface area (Å²) in [5, 5.41) is 9.12. The molecule has 22 heavy (non-hydrogen) atoms. The van der Waals surface area contributed by atoms with Gasteiger partial charge in [0, 0.05) is 20.1 Å². The van der Waals surface area contributed by atoms with Crippen molar-refractivity contribution in [3.05, 3.63) is 0 Å². The van der Waals surface area contributed by atoms with Crippen molar-refractivity contribution >= 4 is 5.91 Å². The van der Waals surface area contributed by atoms with E-state index in [-0.39, 0.29) is 11.9 Å². The Balaban J connectivity index is 1.50. The number of carbonyl (C=O) groups excluding carboxylic acids is 1.